The monoisotopic (exact) mass is 246 g/mol. The van der Waals surface area contributed by atoms with Gasteiger partial charge in [0.2, 0.25) is 0 Å². The molecular formula is C16H26N2. The molecule has 0 radical (unpaired) electrons. The fourth-order valence-corrected chi connectivity index (χ4v) is 3.15. The van der Waals surface area contributed by atoms with Crippen LogP contribution in [0.5, 0.6) is 0 Å². The van der Waals surface area contributed by atoms with Gasteiger partial charge in [0, 0.05) is 19.1 Å². The van der Waals surface area contributed by atoms with Crippen LogP contribution in [-0.2, 0) is 0 Å². The van der Waals surface area contributed by atoms with Gasteiger partial charge in [0.15, 0.2) is 0 Å². The van der Waals surface area contributed by atoms with Crippen molar-refractivity contribution >= 4 is 0 Å². The maximum absolute atomic E-state index is 5.97. The molecule has 0 amide bonds. The van der Waals surface area contributed by atoms with Gasteiger partial charge < -0.3 is 5.73 Å². The van der Waals surface area contributed by atoms with Crippen LogP contribution in [-0.4, -0.2) is 25.0 Å². The third-order valence-corrected chi connectivity index (χ3v) is 4.21. The third-order valence-electron chi connectivity index (χ3n) is 4.21. The molecule has 2 rings (SSSR count). The van der Waals surface area contributed by atoms with Crippen LogP contribution in [0.4, 0.5) is 0 Å². The summed E-state index contributed by atoms with van der Waals surface area (Å²) in [7, 11) is 2.22. The Kier molecular flexibility index (Phi) is 5.21. The van der Waals surface area contributed by atoms with Crippen molar-refractivity contribution in [2.24, 2.45) is 11.7 Å². The molecule has 0 saturated heterocycles. The van der Waals surface area contributed by atoms with Gasteiger partial charge in [-0.25, -0.2) is 0 Å². The largest absolute Gasteiger partial charge is 0.329 e. The highest BCUT2D eigenvalue weighted by Gasteiger charge is 2.20. The summed E-state index contributed by atoms with van der Waals surface area (Å²) in [5, 5.41) is 0. The van der Waals surface area contributed by atoms with E-state index in [0.717, 1.165) is 5.92 Å². The van der Waals surface area contributed by atoms with Crippen LogP contribution in [0.1, 0.15) is 43.7 Å². The van der Waals surface area contributed by atoms with Crippen molar-refractivity contribution < 1.29 is 0 Å². The first kappa shape index (κ1) is 13.6. The van der Waals surface area contributed by atoms with Gasteiger partial charge in [0.1, 0.15) is 0 Å². The van der Waals surface area contributed by atoms with E-state index in [-0.39, 0.29) is 0 Å². The summed E-state index contributed by atoms with van der Waals surface area (Å²) in [6.07, 6.45) is 7.06. The SMILES string of the molecule is CN(CC1CCCCC1)C(CN)c1ccccc1. The molecule has 0 aliphatic heterocycles. The van der Waals surface area contributed by atoms with Gasteiger partial charge in [0.05, 0.1) is 0 Å². The standard InChI is InChI=1S/C16H26N2/c1-18(13-14-8-4-2-5-9-14)16(12-17)15-10-6-3-7-11-15/h3,6-7,10-11,14,16H,2,4-5,8-9,12-13,17H2,1H3. The first-order chi connectivity index (χ1) is 8.81. The summed E-state index contributed by atoms with van der Waals surface area (Å²) in [6.45, 7) is 1.89. The molecule has 1 unspecified atom stereocenters. The van der Waals surface area contributed by atoms with Crippen molar-refractivity contribution in [1.82, 2.24) is 4.90 Å². The molecule has 100 valence electrons. The number of benzene rings is 1. The Morgan fingerprint density at radius 3 is 2.44 bits per heavy atom. The van der Waals surface area contributed by atoms with Crippen LogP contribution >= 0.6 is 0 Å². The van der Waals surface area contributed by atoms with Crippen molar-refractivity contribution in [1.29, 1.82) is 0 Å². The molecule has 1 fully saturated rings. The molecule has 0 aromatic heterocycles. The average Bonchev–Trinajstić information content (AvgIpc) is 2.42. The first-order valence-electron chi connectivity index (χ1n) is 7.26. The number of nitrogens with two attached hydrogens (primary N) is 1. The zero-order valence-corrected chi connectivity index (χ0v) is 11.5. The summed E-state index contributed by atoms with van der Waals surface area (Å²) >= 11 is 0. The van der Waals surface area contributed by atoms with Crippen LogP contribution in [0, 0.1) is 5.92 Å². The number of hydrogen-bond acceptors (Lipinski definition) is 2. The van der Waals surface area contributed by atoms with E-state index in [4.69, 9.17) is 5.73 Å². The fourth-order valence-electron chi connectivity index (χ4n) is 3.15. The molecule has 2 N–H and O–H groups in total. The maximum atomic E-state index is 5.97. The zero-order chi connectivity index (χ0) is 12.8. The summed E-state index contributed by atoms with van der Waals surface area (Å²) in [6, 6.07) is 11.0. The molecule has 1 saturated carbocycles. The lowest BCUT2D eigenvalue weighted by Crippen LogP contribution is -2.34. The average molecular weight is 246 g/mol. The van der Waals surface area contributed by atoms with Gasteiger partial charge in [-0.1, -0.05) is 49.6 Å². The van der Waals surface area contributed by atoms with E-state index in [2.05, 4.69) is 42.3 Å². The highest BCUT2D eigenvalue weighted by atomic mass is 15.1. The Bertz CT molecular complexity index is 330. The van der Waals surface area contributed by atoms with Gasteiger partial charge in [-0.2, -0.15) is 0 Å². The fraction of sp³-hybridized carbons (Fsp3) is 0.625. The molecule has 0 spiro atoms. The smallest absolute Gasteiger partial charge is 0.0467 e. The van der Waals surface area contributed by atoms with Crippen molar-refractivity contribution in [2.45, 2.75) is 38.1 Å². The van der Waals surface area contributed by atoms with Crippen molar-refractivity contribution in [2.75, 3.05) is 20.1 Å². The molecule has 1 aliphatic rings. The van der Waals surface area contributed by atoms with Crippen LogP contribution in [0.25, 0.3) is 0 Å². The molecule has 1 aromatic carbocycles. The second kappa shape index (κ2) is 6.91. The number of likely N-dealkylation sites (N-methyl/N-ethyl adjacent to an activating group) is 1. The van der Waals surface area contributed by atoms with E-state index >= 15 is 0 Å². The molecule has 2 nitrogen and oxygen atoms in total. The van der Waals surface area contributed by atoms with Gasteiger partial charge in [-0.3, -0.25) is 4.90 Å². The minimum Gasteiger partial charge on any atom is -0.329 e. The van der Waals surface area contributed by atoms with Crippen molar-refractivity contribution in [3.8, 4) is 0 Å². The second-order valence-corrected chi connectivity index (χ2v) is 5.61. The number of nitrogens with zero attached hydrogens (tertiary/aromatic N) is 1. The number of hydrogen-bond donors (Lipinski definition) is 1. The van der Waals surface area contributed by atoms with E-state index in [9.17, 15) is 0 Å². The second-order valence-electron chi connectivity index (χ2n) is 5.61. The van der Waals surface area contributed by atoms with Gasteiger partial charge >= 0.3 is 0 Å². The molecule has 0 heterocycles. The lowest BCUT2D eigenvalue weighted by Gasteiger charge is -2.32. The molecular weight excluding hydrogens is 220 g/mol. The zero-order valence-electron chi connectivity index (χ0n) is 11.5. The molecule has 1 atom stereocenters. The summed E-state index contributed by atoms with van der Waals surface area (Å²) in [5.41, 5.74) is 7.31. The van der Waals surface area contributed by atoms with E-state index < -0.39 is 0 Å². The predicted octanol–water partition coefficient (Wildman–Crippen LogP) is 3.20. The molecule has 18 heavy (non-hydrogen) atoms. The van der Waals surface area contributed by atoms with Crippen LogP contribution in [0.3, 0.4) is 0 Å². The highest BCUT2D eigenvalue weighted by molar-refractivity contribution is 5.19. The van der Waals surface area contributed by atoms with E-state index in [1.807, 2.05) is 0 Å². The summed E-state index contributed by atoms with van der Waals surface area (Å²) in [5.74, 6) is 0.876. The molecule has 1 aromatic rings. The Hall–Kier alpha value is -0.860. The summed E-state index contributed by atoms with van der Waals surface area (Å²) in [4.78, 5) is 2.45. The van der Waals surface area contributed by atoms with Crippen LogP contribution < -0.4 is 5.73 Å². The highest BCUT2D eigenvalue weighted by Crippen LogP contribution is 2.27. The Morgan fingerprint density at radius 2 is 1.83 bits per heavy atom. The van der Waals surface area contributed by atoms with Gasteiger partial charge in [-0.15, -0.1) is 0 Å². The predicted molar refractivity (Wildman–Crippen MR) is 77.4 cm³/mol. The lowest BCUT2D eigenvalue weighted by atomic mass is 9.88. The lowest BCUT2D eigenvalue weighted by molar-refractivity contribution is 0.186. The van der Waals surface area contributed by atoms with Crippen LogP contribution in [0.15, 0.2) is 30.3 Å². The van der Waals surface area contributed by atoms with Crippen molar-refractivity contribution in [3.63, 3.8) is 0 Å². The maximum Gasteiger partial charge on any atom is 0.0467 e. The molecule has 0 bridgehead atoms. The first-order valence-corrected chi connectivity index (χ1v) is 7.26. The van der Waals surface area contributed by atoms with Gasteiger partial charge in [-0.05, 0) is 31.4 Å². The Balaban J connectivity index is 1.94. The normalized spacial score (nSPS) is 19.1. The van der Waals surface area contributed by atoms with E-state index in [1.165, 1.54) is 44.2 Å². The summed E-state index contributed by atoms with van der Waals surface area (Å²) < 4.78 is 0. The topological polar surface area (TPSA) is 29.3 Å². The minimum absolute atomic E-state index is 0.369. The van der Waals surface area contributed by atoms with Crippen LogP contribution in [0.2, 0.25) is 0 Å². The molecule has 2 heteroatoms. The number of rotatable bonds is 5. The van der Waals surface area contributed by atoms with E-state index in [1.54, 1.807) is 0 Å². The minimum atomic E-state index is 0.369. The third kappa shape index (κ3) is 3.56. The Labute approximate surface area is 111 Å². The van der Waals surface area contributed by atoms with Gasteiger partial charge in [0.25, 0.3) is 0 Å². The molecule has 1 aliphatic carbocycles. The van der Waals surface area contributed by atoms with Crippen molar-refractivity contribution in [3.05, 3.63) is 35.9 Å². The Morgan fingerprint density at radius 1 is 1.17 bits per heavy atom. The quantitative estimate of drug-likeness (QED) is 0.864. The van der Waals surface area contributed by atoms with E-state index in [0.29, 0.717) is 12.6 Å².